The van der Waals surface area contributed by atoms with E-state index in [0.29, 0.717) is 32.7 Å². The van der Waals surface area contributed by atoms with E-state index in [9.17, 15) is 18.3 Å². The molecule has 0 bridgehead atoms. The van der Waals surface area contributed by atoms with Crippen LogP contribution >= 0.6 is 0 Å². The van der Waals surface area contributed by atoms with Crippen molar-refractivity contribution in [3.05, 3.63) is 0 Å². The lowest BCUT2D eigenvalue weighted by Crippen LogP contribution is -2.46. The van der Waals surface area contributed by atoms with Gasteiger partial charge >= 0.3 is 6.18 Å². The van der Waals surface area contributed by atoms with Crippen LogP contribution in [-0.4, -0.2) is 42.8 Å². The first-order chi connectivity index (χ1) is 8.90. The SMILES string of the molecule is OC(CCC(F)(F)F)C1CCOC2(CCOCC2)C1. The Labute approximate surface area is 111 Å². The molecule has 2 aliphatic rings. The molecule has 2 heterocycles. The molecule has 2 unspecified atom stereocenters. The summed E-state index contributed by atoms with van der Waals surface area (Å²) in [5.41, 5.74) is -0.277. The van der Waals surface area contributed by atoms with E-state index in [1.54, 1.807) is 0 Å². The van der Waals surface area contributed by atoms with Crippen molar-refractivity contribution in [1.29, 1.82) is 0 Å². The lowest BCUT2D eigenvalue weighted by molar-refractivity contribution is -0.165. The summed E-state index contributed by atoms with van der Waals surface area (Å²) in [5, 5.41) is 9.96. The number of aliphatic hydroxyl groups excluding tert-OH is 1. The van der Waals surface area contributed by atoms with Gasteiger partial charge in [0.05, 0.1) is 11.7 Å². The minimum atomic E-state index is -4.19. The molecule has 0 aliphatic carbocycles. The Kier molecular flexibility index (Phi) is 4.74. The standard InChI is InChI=1S/C13H21F3O3/c14-13(15,16)3-1-11(17)10-2-6-19-12(9-10)4-7-18-8-5-12/h10-11,17H,1-9H2. The maximum Gasteiger partial charge on any atom is 0.389 e. The van der Waals surface area contributed by atoms with Crippen molar-refractivity contribution in [3.8, 4) is 0 Å². The molecule has 112 valence electrons. The van der Waals surface area contributed by atoms with Crippen molar-refractivity contribution >= 4 is 0 Å². The quantitative estimate of drug-likeness (QED) is 0.865. The van der Waals surface area contributed by atoms with Gasteiger partial charge in [0.15, 0.2) is 0 Å². The zero-order valence-electron chi connectivity index (χ0n) is 10.9. The summed E-state index contributed by atoms with van der Waals surface area (Å²) in [6.07, 6.45) is -3.36. The number of rotatable bonds is 3. The second-order valence-corrected chi connectivity index (χ2v) is 5.62. The Morgan fingerprint density at radius 1 is 1.21 bits per heavy atom. The van der Waals surface area contributed by atoms with Gasteiger partial charge in [-0.3, -0.25) is 0 Å². The van der Waals surface area contributed by atoms with Crippen molar-refractivity contribution < 1.29 is 27.8 Å². The van der Waals surface area contributed by atoms with E-state index in [1.165, 1.54) is 0 Å². The van der Waals surface area contributed by atoms with Crippen molar-refractivity contribution in [1.82, 2.24) is 0 Å². The fourth-order valence-electron chi connectivity index (χ4n) is 3.03. The Morgan fingerprint density at radius 3 is 2.53 bits per heavy atom. The summed E-state index contributed by atoms with van der Waals surface area (Å²) in [6, 6.07) is 0. The van der Waals surface area contributed by atoms with Crippen LogP contribution in [0.15, 0.2) is 0 Å². The fourth-order valence-corrected chi connectivity index (χ4v) is 3.03. The maximum atomic E-state index is 12.2. The maximum absolute atomic E-state index is 12.2. The molecule has 0 aromatic carbocycles. The molecule has 19 heavy (non-hydrogen) atoms. The van der Waals surface area contributed by atoms with Gasteiger partial charge in [-0.05, 0) is 38.0 Å². The molecule has 1 N–H and O–H groups in total. The molecule has 2 aliphatic heterocycles. The average Bonchev–Trinajstić information content (AvgIpc) is 2.36. The molecular formula is C13H21F3O3. The van der Waals surface area contributed by atoms with Crippen LogP contribution in [0, 0.1) is 5.92 Å². The van der Waals surface area contributed by atoms with E-state index in [2.05, 4.69) is 0 Å². The van der Waals surface area contributed by atoms with Gasteiger partial charge < -0.3 is 14.6 Å². The largest absolute Gasteiger partial charge is 0.393 e. The molecule has 0 aromatic rings. The van der Waals surface area contributed by atoms with Gasteiger partial charge in [0.25, 0.3) is 0 Å². The minimum absolute atomic E-state index is 0.0887. The second kappa shape index (κ2) is 5.97. The Hall–Kier alpha value is -0.330. The molecule has 0 radical (unpaired) electrons. The van der Waals surface area contributed by atoms with Crippen LogP contribution in [0.3, 0.4) is 0 Å². The molecule has 2 saturated heterocycles. The summed E-state index contributed by atoms with van der Waals surface area (Å²) in [5.74, 6) is -0.0887. The molecule has 2 fully saturated rings. The lowest BCUT2D eigenvalue weighted by atomic mass is 9.78. The number of hydrogen-bond donors (Lipinski definition) is 1. The Morgan fingerprint density at radius 2 is 1.89 bits per heavy atom. The van der Waals surface area contributed by atoms with Crippen LogP contribution in [0.2, 0.25) is 0 Å². The third-order valence-corrected chi connectivity index (χ3v) is 4.20. The van der Waals surface area contributed by atoms with Gasteiger partial charge in [0.1, 0.15) is 0 Å². The highest BCUT2D eigenvalue weighted by Crippen LogP contribution is 2.39. The van der Waals surface area contributed by atoms with Gasteiger partial charge in [0.2, 0.25) is 0 Å². The van der Waals surface area contributed by atoms with Crippen molar-refractivity contribution in [2.24, 2.45) is 5.92 Å². The van der Waals surface area contributed by atoms with E-state index in [1.807, 2.05) is 0 Å². The lowest BCUT2D eigenvalue weighted by Gasteiger charge is -2.44. The molecule has 6 heteroatoms. The van der Waals surface area contributed by atoms with Crippen LogP contribution in [0.1, 0.15) is 38.5 Å². The minimum Gasteiger partial charge on any atom is -0.393 e. The number of alkyl halides is 3. The van der Waals surface area contributed by atoms with Crippen LogP contribution in [-0.2, 0) is 9.47 Å². The highest BCUT2D eigenvalue weighted by atomic mass is 19.4. The number of halogens is 3. The van der Waals surface area contributed by atoms with Gasteiger partial charge in [-0.2, -0.15) is 13.2 Å². The number of hydrogen-bond acceptors (Lipinski definition) is 3. The third-order valence-electron chi connectivity index (χ3n) is 4.20. The van der Waals surface area contributed by atoms with E-state index in [4.69, 9.17) is 9.47 Å². The van der Waals surface area contributed by atoms with Gasteiger partial charge in [0, 0.05) is 26.2 Å². The average molecular weight is 282 g/mol. The monoisotopic (exact) mass is 282 g/mol. The van der Waals surface area contributed by atoms with Crippen molar-refractivity contribution in [2.75, 3.05) is 19.8 Å². The topological polar surface area (TPSA) is 38.7 Å². The van der Waals surface area contributed by atoms with Gasteiger partial charge in [-0.1, -0.05) is 0 Å². The molecule has 2 atom stereocenters. The first-order valence-corrected chi connectivity index (χ1v) is 6.87. The zero-order valence-corrected chi connectivity index (χ0v) is 10.9. The summed E-state index contributed by atoms with van der Waals surface area (Å²) in [4.78, 5) is 0. The Balaban J connectivity index is 1.86. The Bertz CT molecular complexity index is 282. The summed E-state index contributed by atoms with van der Waals surface area (Å²) in [7, 11) is 0. The summed E-state index contributed by atoms with van der Waals surface area (Å²) >= 11 is 0. The predicted octanol–water partition coefficient (Wildman–Crippen LogP) is 2.67. The molecule has 2 rings (SSSR count). The molecule has 0 saturated carbocycles. The highest BCUT2D eigenvalue weighted by Gasteiger charge is 2.41. The number of ether oxygens (including phenoxy) is 2. The van der Waals surface area contributed by atoms with Crippen LogP contribution in [0.4, 0.5) is 13.2 Å². The van der Waals surface area contributed by atoms with Crippen LogP contribution in [0.5, 0.6) is 0 Å². The molecule has 1 spiro atoms. The van der Waals surface area contributed by atoms with Crippen LogP contribution < -0.4 is 0 Å². The summed E-state index contributed by atoms with van der Waals surface area (Å²) < 4.78 is 47.6. The zero-order chi connectivity index (χ0) is 13.9. The second-order valence-electron chi connectivity index (χ2n) is 5.62. The molecule has 3 nitrogen and oxygen atoms in total. The molecule has 0 aromatic heterocycles. The van der Waals surface area contributed by atoms with Gasteiger partial charge in [-0.25, -0.2) is 0 Å². The van der Waals surface area contributed by atoms with E-state index >= 15 is 0 Å². The van der Waals surface area contributed by atoms with Crippen LogP contribution in [0.25, 0.3) is 0 Å². The van der Waals surface area contributed by atoms with Crippen molar-refractivity contribution in [3.63, 3.8) is 0 Å². The molecular weight excluding hydrogens is 261 g/mol. The van der Waals surface area contributed by atoms with E-state index in [-0.39, 0.29) is 17.9 Å². The first kappa shape index (κ1) is 15.1. The predicted molar refractivity (Wildman–Crippen MR) is 62.8 cm³/mol. The summed E-state index contributed by atoms with van der Waals surface area (Å²) in [6.45, 7) is 1.78. The normalized spacial score (nSPS) is 29.4. The smallest absolute Gasteiger partial charge is 0.389 e. The third kappa shape index (κ3) is 4.33. The van der Waals surface area contributed by atoms with Gasteiger partial charge in [-0.15, -0.1) is 0 Å². The first-order valence-electron chi connectivity index (χ1n) is 6.87. The van der Waals surface area contributed by atoms with E-state index in [0.717, 1.165) is 12.8 Å². The van der Waals surface area contributed by atoms with E-state index < -0.39 is 18.7 Å². The number of aliphatic hydroxyl groups is 1. The highest BCUT2D eigenvalue weighted by molar-refractivity contribution is 4.91. The fraction of sp³-hybridized carbons (Fsp3) is 1.00. The van der Waals surface area contributed by atoms with Crippen molar-refractivity contribution in [2.45, 2.75) is 56.4 Å². The molecule has 0 amide bonds.